The Kier molecular flexibility index (Phi) is 5.37. The third kappa shape index (κ3) is 3.76. The summed E-state index contributed by atoms with van der Waals surface area (Å²) in [6, 6.07) is 8.72. The fraction of sp³-hybridized carbons (Fsp3) is 0.167. The van der Waals surface area contributed by atoms with Crippen LogP contribution in [0.4, 0.5) is 0 Å². The van der Waals surface area contributed by atoms with Crippen molar-refractivity contribution in [2.75, 3.05) is 0 Å². The predicted molar refractivity (Wildman–Crippen MR) is 108 cm³/mol. The molecule has 1 heterocycles. The lowest BCUT2D eigenvalue weighted by molar-refractivity contribution is 0.660. The summed E-state index contributed by atoms with van der Waals surface area (Å²) in [5.41, 5.74) is -0.119. The summed E-state index contributed by atoms with van der Waals surface area (Å²) >= 11 is 13.7. The van der Waals surface area contributed by atoms with Crippen LogP contribution in [0.3, 0.4) is 0 Å². The SMILES string of the molecule is Cc1cc(-n2c(=O)[nH]c(=O)n(C)c2=O)cc(C)c1Sc1ccc(Cl)cc1Cl. The summed E-state index contributed by atoms with van der Waals surface area (Å²) in [7, 11) is 1.31. The molecule has 0 bridgehead atoms. The summed E-state index contributed by atoms with van der Waals surface area (Å²) in [6.45, 7) is 3.76. The Labute approximate surface area is 168 Å². The molecule has 1 N–H and O–H groups in total. The maximum atomic E-state index is 12.4. The third-order valence-corrected chi connectivity index (χ3v) is 6.09. The zero-order valence-corrected chi connectivity index (χ0v) is 17.0. The van der Waals surface area contributed by atoms with Crippen molar-refractivity contribution in [3.63, 3.8) is 0 Å². The van der Waals surface area contributed by atoms with Crippen LogP contribution in [0.25, 0.3) is 5.69 Å². The molecule has 6 nitrogen and oxygen atoms in total. The number of aromatic amines is 1. The van der Waals surface area contributed by atoms with E-state index in [0.717, 1.165) is 30.1 Å². The van der Waals surface area contributed by atoms with Gasteiger partial charge in [0.2, 0.25) is 0 Å². The molecule has 27 heavy (non-hydrogen) atoms. The van der Waals surface area contributed by atoms with Crippen molar-refractivity contribution in [1.82, 2.24) is 14.1 Å². The monoisotopic (exact) mass is 423 g/mol. The number of nitrogens with zero attached hydrogens (tertiary/aromatic N) is 2. The molecule has 0 spiro atoms. The molecule has 0 unspecified atom stereocenters. The van der Waals surface area contributed by atoms with Gasteiger partial charge < -0.3 is 0 Å². The Hall–Kier alpha value is -2.22. The summed E-state index contributed by atoms with van der Waals surface area (Å²) in [6.07, 6.45) is 0. The molecular weight excluding hydrogens is 409 g/mol. The fourth-order valence-corrected chi connectivity index (χ4v) is 4.14. The van der Waals surface area contributed by atoms with Crippen molar-refractivity contribution < 1.29 is 0 Å². The number of hydrogen-bond donors (Lipinski definition) is 1. The quantitative estimate of drug-likeness (QED) is 0.700. The molecule has 0 saturated carbocycles. The topological polar surface area (TPSA) is 76.9 Å². The van der Waals surface area contributed by atoms with Crippen LogP contribution >= 0.6 is 35.0 Å². The number of rotatable bonds is 3. The molecule has 2 aromatic carbocycles. The maximum absolute atomic E-state index is 12.4. The molecule has 0 radical (unpaired) electrons. The van der Waals surface area contributed by atoms with E-state index in [4.69, 9.17) is 23.2 Å². The van der Waals surface area contributed by atoms with Gasteiger partial charge in [-0.15, -0.1) is 0 Å². The molecule has 140 valence electrons. The highest BCUT2D eigenvalue weighted by Crippen LogP contribution is 2.38. The first-order valence-electron chi connectivity index (χ1n) is 7.86. The van der Waals surface area contributed by atoms with Crippen LogP contribution in [0.1, 0.15) is 11.1 Å². The summed E-state index contributed by atoms with van der Waals surface area (Å²) in [5.74, 6) is 0. The van der Waals surface area contributed by atoms with Crippen LogP contribution < -0.4 is 17.1 Å². The molecule has 0 saturated heterocycles. The summed E-state index contributed by atoms with van der Waals surface area (Å²) < 4.78 is 1.79. The molecule has 3 rings (SSSR count). The van der Waals surface area contributed by atoms with E-state index in [1.165, 1.54) is 18.8 Å². The third-order valence-electron chi connectivity index (χ3n) is 4.01. The minimum atomic E-state index is -0.775. The number of nitrogens with one attached hydrogen (secondary N) is 1. The van der Waals surface area contributed by atoms with Crippen LogP contribution in [0, 0.1) is 13.8 Å². The maximum Gasteiger partial charge on any atom is 0.340 e. The van der Waals surface area contributed by atoms with Crippen LogP contribution in [0.2, 0.25) is 10.0 Å². The van der Waals surface area contributed by atoms with Crippen molar-refractivity contribution in [2.45, 2.75) is 23.6 Å². The van der Waals surface area contributed by atoms with E-state index < -0.39 is 17.1 Å². The number of halogens is 2. The molecule has 9 heteroatoms. The molecule has 0 fully saturated rings. The lowest BCUT2D eigenvalue weighted by atomic mass is 10.1. The number of benzene rings is 2. The second kappa shape index (κ2) is 7.42. The predicted octanol–water partition coefficient (Wildman–Crippen LogP) is 3.30. The molecule has 1 aromatic heterocycles. The molecule has 0 atom stereocenters. The first-order chi connectivity index (χ1) is 12.7. The average Bonchev–Trinajstić information content (AvgIpc) is 2.58. The van der Waals surface area contributed by atoms with E-state index >= 15 is 0 Å². The lowest BCUT2D eigenvalue weighted by Crippen LogP contribution is -2.47. The Morgan fingerprint density at radius 2 is 1.59 bits per heavy atom. The van der Waals surface area contributed by atoms with Gasteiger partial charge in [-0.2, -0.15) is 0 Å². The van der Waals surface area contributed by atoms with Gasteiger partial charge in [0.25, 0.3) is 0 Å². The fourth-order valence-electron chi connectivity index (χ4n) is 2.67. The van der Waals surface area contributed by atoms with Crippen molar-refractivity contribution in [3.05, 3.63) is 83.0 Å². The smallest absolute Gasteiger partial charge is 0.258 e. The Morgan fingerprint density at radius 3 is 2.19 bits per heavy atom. The number of aromatic nitrogens is 3. The summed E-state index contributed by atoms with van der Waals surface area (Å²) in [4.78, 5) is 40.0. The highest BCUT2D eigenvalue weighted by atomic mass is 35.5. The molecule has 0 aliphatic heterocycles. The van der Waals surface area contributed by atoms with Crippen LogP contribution in [0.15, 0.2) is 54.5 Å². The van der Waals surface area contributed by atoms with Crippen molar-refractivity contribution in [3.8, 4) is 5.69 Å². The molecule has 0 aliphatic carbocycles. The van der Waals surface area contributed by atoms with Gasteiger partial charge in [0, 0.05) is 21.9 Å². The number of H-pyrrole nitrogens is 1. The second-order valence-electron chi connectivity index (χ2n) is 6.00. The summed E-state index contributed by atoms with van der Waals surface area (Å²) in [5, 5.41) is 1.10. The van der Waals surface area contributed by atoms with Gasteiger partial charge in [-0.3, -0.25) is 4.98 Å². The molecular formula is C18H15Cl2N3O3S. The standard InChI is InChI=1S/C18H15Cl2N3O3S/c1-9-6-12(23-17(25)21-16(24)22(3)18(23)26)7-10(2)15(9)27-14-5-4-11(19)8-13(14)20/h4-8H,1-3H3,(H,21,24,25). The minimum Gasteiger partial charge on any atom is -0.258 e. The van der Waals surface area contributed by atoms with E-state index in [1.807, 2.05) is 19.9 Å². The first-order valence-corrected chi connectivity index (χ1v) is 9.43. The zero-order chi connectivity index (χ0) is 19.9. The Morgan fingerprint density at radius 1 is 0.963 bits per heavy atom. The van der Waals surface area contributed by atoms with Gasteiger partial charge in [-0.05, 0) is 55.3 Å². The van der Waals surface area contributed by atoms with E-state index in [0.29, 0.717) is 15.7 Å². The van der Waals surface area contributed by atoms with Crippen molar-refractivity contribution in [1.29, 1.82) is 0 Å². The minimum absolute atomic E-state index is 0.387. The van der Waals surface area contributed by atoms with E-state index in [9.17, 15) is 14.4 Å². The van der Waals surface area contributed by atoms with E-state index in [1.54, 1.807) is 24.3 Å². The van der Waals surface area contributed by atoms with E-state index in [2.05, 4.69) is 4.98 Å². The zero-order valence-electron chi connectivity index (χ0n) is 14.7. The van der Waals surface area contributed by atoms with Gasteiger partial charge >= 0.3 is 17.1 Å². The van der Waals surface area contributed by atoms with Crippen LogP contribution in [-0.4, -0.2) is 14.1 Å². The largest absolute Gasteiger partial charge is 0.340 e. The molecule has 0 amide bonds. The molecule has 3 aromatic rings. The van der Waals surface area contributed by atoms with Crippen LogP contribution in [-0.2, 0) is 7.05 Å². The lowest BCUT2D eigenvalue weighted by Gasteiger charge is -2.14. The van der Waals surface area contributed by atoms with Crippen molar-refractivity contribution in [2.24, 2.45) is 7.05 Å². The van der Waals surface area contributed by atoms with Gasteiger partial charge in [0.1, 0.15) is 0 Å². The normalized spacial score (nSPS) is 11.0. The highest BCUT2D eigenvalue weighted by molar-refractivity contribution is 7.99. The number of aryl methyl sites for hydroxylation is 2. The number of hydrogen-bond acceptors (Lipinski definition) is 4. The van der Waals surface area contributed by atoms with Gasteiger partial charge in [0.05, 0.1) is 10.7 Å². The van der Waals surface area contributed by atoms with Crippen molar-refractivity contribution >= 4 is 35.0 Å². The molecule has 0 aliphatic rings. The van der Waals surface area contributed by atoms with Crippen LogP contribution in [0.5, 0.6) is 0 Å². The Bertz CT molecular complexity index is 1200. The van der Waals surface area contributed by atoms with E-state index in [-0.39, 0.29) is 0 Å². The van der Waals surface area contributed by atoms with Gasteiger partial charge in [-0.25, -0.2) is 23.5 Å². The first kappa shape index (κ1) is 19.5. The van der Waals surface area contributed by atoms with Gasteiger partial charge in [-0.1, -0.05) is 35.0 Å². The Balaban J connectivity index is 2.12. The second-order valence-corrected chi connectivity index (χ2v) is 7.89. The van der Waals surface area contributed by atoms with Gasteiger partial charge in [0.15, 0.2) is 0 Å². The average molecular weight is 424 g/mol. The highest BCUT2D eigenvalue weighted by Gasteiger charge is 2.14.